The van der Waals surface area contributed by atoms with E-state index in [1.165, 1.54) is 6.07 Å². The van der Waals surface area contributed by atoms with E-state index < -0.39 is 0 Å². The van der Waals surface area contributed by atoms with Crippen molar-refractivity contribution in [3.63, 3.8) is 0 Å². The molecule has 0 amide bonds. The van der Waals surface area contributed by atoms with E-state index in [0.29, 0.717) is 11.5 Å². The molecule has 0 spiro atoms. The highest BCUT2D eigenvalue weighted by atomic mass is 16.5. The van der Waals surface area contributed by atoms with E-state index in [9.17, 15) is 0 Å². The second kappa shape index (κ2) is 4.20. The first-order valence-corrected chi connectivity index (χ1v) is 4.50. The van der Waals surface area contributed by atoms with Crippen LogP contribution in [0.4, 0.5) is 0 Å². The Morgan fingerprint density at radius 2 is 1.69 bits per heavy atom. The Bertz CT molecular complexity index is 608. The molecule has 0 bridgehead atoms. The molecule has 0 aliphatic carbocycles. The number of nitriles is 2. The van der Waals surface area contributed by atoms with Crippen molar-refractivity contribution >= 4 is 10.8 Å². The molecule has 2 rings (SSSR count). The highest BCUT2D eigenvalue weighted by Crippen LogP contribution is 2.30. The van der Waals surface area contributed by atoms with Crippen molar-refractivity contribution in [1.82, 2.24) is 0 Å². The SMILES string of the molecule is N#COc1cc(OC#N)c2ccccc2c1. The normalized spacial score (nSPS) is 9.12. The number of fused-ring (bicyclic) bond motifs is 1. The van der Waals surface area contributed by atoms with Gasteiger partial charge in [-0.15, -0.1) is 10.5 Å². The molecule has 0 fully saturated rings. The molecule has 4 heteroatoms. The number of benzene rings is 2. The van der Waals surface area contributed by atoms with Crippen molar-refractivity contribution < 1.29 is 9.47 Å². The van der Waals surface area contributed by atoms with Crippen molar-refractivity contribution in [2.75, 3.05) is 0 Å². The predicted molar refractivity (Wildman–Crippen MR) is 56.4 cm³/mol. The molecular formula is C12H6N2O2. The number of hydrogen-bond donors (Lipinski definition) is 0. The van der Waals surface area contributed by atoms with Gasteiger partial charge in [-0.3, -0.25) is 0 Å². The van der Waals surface area contributed by atoms with E-state index in [0.717, 1.165) is 10.8 Å². The molecule has 0 unspecified atom stereocenters. The molecule has 0 aliphatic rings. The third-order valence-electron chi connectivity index (χ3n) is 2.12. The van der Waals surface area contributed by atoms with E-state index in [4.69, 9.17) is 20.0 Å². The molecule has 0 N–H and O–H groups in total. The van der Waals surface area contributed by atoms with Gasteiger partial charge in [0.25, 0.3) is 12.5 Å². The Labute approximate surface area is 91.9 Å². The molecule has 2 aromatic rings. The van der Waals surface area contributed by atoms with E-state index >= 15 is 0 Å². The summed E-state index contributed by atoms with van der Waals surface area (Å²) in [7, 11) is 0. The fraction of sp³-hybridized carbons (Fsp3) is 0. The monoisotopic (exact) mass is 210 g/mol. The predicted octanol–water partition coefficient (Wildman–Crippen LogP) is 2.56. The summed E-state index contributed by atoms with van der Waals surface area (Å²) >= 11 is 0. The molecule has 0 aromatic heterocycles. The van der Waals surface area contributed by atoms with Gasteiger partial charge in [-0.05, 0) is 11.5 Å². The van der Waals surface area contributed by atoms with Crippen LogP contribution in [0.1, 0.15) is 0 Å². The highest BCUT2D eigenvalue weighted by Gasteiger charge is 2.06. The molecular weight excluding hydrogens is 204 g/mol. The lowest BCUT2D eigenvalue weighted by Crippen LogP contribution is -1.87. The first-order valence-electron chi connectivity index (χ1n) is 4.50. The van der Waals surface area contributed by atoms with Gasteiger partial charge >= 0.3 is 0 Å². The van der Waals surface area contributed by atoms with Crippen molar-refractivity contribution in [1.29, 1.82) is 10.5 Å². The zero-order valence-electron chi connectivity index (χ0n) is 8.18. The average molecular weight is 210 g/mol. The minimum Gasteiger partial charge on any atom is -0.388 e. The van der Waals surface area contributed by atoms with Gasteiger partial charge in [0.1, 0.15) is 5.75 Å². The van der Waals surface area contributed by atoms with Crippen LogP contribution in [-0.2, 0) is 0 Å². The summed E-state index contributed by atoms with van der Waals surface area (Å²) in [5, 5.41) is 18.6. The fourth-order valence-electron chi connectivity index (χ4n) is 1.49. The topological polar surface area (TPSA) is 66.0 Å². The third-order valence-corrected chi connectivity index (χ3v) is 2.12. The van der Waals surface area contributed by atoms with Gasteiger partial charge in [0.15, 0.2) is 5.75 Å². The lowest BCUT2D eigenvalue weighted by atomic mass is 10.1. The van der Waals surface area contributed by atoms with Crippen LogP contribution >= 0.6 is 0 Å². The van der Waals surface area contributed by atoms with Crippen molar-refractivity contribution in [3.8, 4) is 24.0 Å². The Hall–Kier alpha value is -2.72. The highest BCUT2D eigenvalue weighted by molar-refractivity contribution is 5.89. The largest absolute Gasteiger partial charge is 0.388 e. The Balaban J connectivity index is 2.65. The molecule has 0 saturated carbocycles. The second-order valence-corrected chi connectivity index (χ2v) is 3.03. The minimum atomic E-state index is 0.353. The van der Waals surface area contributed by atoms with Crippen LogP contribution in [0.25, 0.3) is 10.8 Å². The van der Waals surface area contributed by atoms with Crippen molar-refractivity contribution in [3.05, 3.63) is 36.4 Å². The molecule has 0 atom stereocenters. The maximum Gasteiger partial charge on any atom is 0.292 e. The number of rotatable bonds is 2. The molecule has 0 radical (unpaired) electrons. The zero-order chi connectivity index (χ0) is 11.4. The van der Waals surface area contributed by atoms with Crippen LogP contribution in [0.15, 0.2) is 36.4 Å². The van der Waals surface area contributed by atoms with Gasteiger partial charge in [-0.1, -0.05) is 24.3 Å². The van der Waals surface area contributed by atoms with Gasteiger partial charge < -0.3 is 9.47 Å². The molecule has 76 valence electrons. The third kappa shape index (κ3) is 1.73. The van der Waals surface area contributed by atoms with E-state index in [2.05, 4.69) is 0 Å². The van der Waals surface area contributed by atoms with E-state index in [-0.39, 0.29) is 0 Å². The van der Waals surface area contributed by atoms with Gasteiger partial charge in [0, 0.05) is 11.5 Å². The quantitative estimate of drug-likeness (QED) is 0.714. The molecule has 16 heavy (non-hydrogen) atoms. The number of nitrogens with zero attached hydrogens (tertiary/aromatic N) is 2. The summed E-state index contributed by atoms with van der Waals surface area (Å²) < 4.78 is 9.54. The minimum absolute atomic E-state index is 0.353. The fourth-order valence-corrected chi connectivity index (χ4v) is 1.49. The molecule has 4 nitrogen and oxygen atoms in total. The maximum atomic E-state index is 8.52. The maximum absolute atomic E-state index is 8.52. The number of hydrogen-bond acceptors (Lipinski definition) is 4. The van der Waals surface area contributed by atoms with Crippen LogP contribution in [0, 0.1) is 23.0 Å². The van der Waals surface area contributed by atoms with Crippen LogP contribution in [0.5, 0.6) is 11.5 Å². The van der Waals surface area contributed by atoms with Crippen LogP contribution in [0.2, 0.25) is 0 Å². The summed E-state index contributed by atoms with van der Waals surface area (Å²) in [6, 6.07) is 10.6. The lowest BCUT2D eigenvalue weighted by molar-refractivity contribution is 0.488. The average Bonchev–Trinajstić information content (AvgIpc) is 2.30. The van der Waals surface area contributed by atoms with Crippen LogP contribution in [-0.4, -0.2) is 0 Å². The summed E-state index contributed by atoms with van der Waals surface area (Å²) in [5.74, 6) is 0.734. The van der Waals surface area contributed by atoms with Gasteiger partial charge in [0.2, 0.25) is 0 Å². The van der Waals surface area contributed by atoms with Gasteiger partial charge in [-0.25, -0.2) is 0 Å². The molecule has 0 saturated heterocycles. The summed E-state index contributed by atoms with van der Waals surface area (Å²) in [5.41, 5.74) is 0. The molecule has 2 aromatic carbocycles. The van der Waals surface area contributed by atoms with Gasteiger partial charge in [-0.2, -0.15) is 0 Å². The van der Waals surface area contributed by atoms with E-state index in [1.807, 2.05) is 24.3 Å². The Kier molecular flexibility index (Phi) is 2.58. The van der Waals surface area contributed by atoms with Crippen LogP contribution < -0.4 is 9.47 Å². The molecule has 0 aliphatic heterocycles. The zero-order valence-corrected chi connectivity index (χ0v) is 8.18. The summed E-state index contributed by atoms with van der Waals surface area (Å²) in [6.07, 6.45) is 3.19. The van der Waals surface area contributed by atoms with Gasteiger partial charge in [0.05, 0.1) is 0 Å². The standard InChI is InChI=1S/C12H6N2O2/c13-7-15-10-5-9-3-1-2-4-11(9)12(6-10)16-8-14/h1-6H. The first-order chi connectivity index (χ1) is 7.85. The van der Waals surface area contributed by atoms with Crippen molar-refractivity contribution in [2.24, 2.45) is 0 Å². The smallest absolute Gasteiger partial charge is 0.292 e. The lowest BCUT2D eigenvalue weighted by Gasteiger charge is -2.04. The summed E-state index contributed by atoms with van der Waals surface area (Å²) in [6.45, 7) is 0. The Morgan fingerprint density at radius 1 is 0.938 bits per heavy atom. The molecule has 0 heterocycles. The summed E-state index contributed by atoms with van der Waals surface area (Å²) in [4.78, 5) is 0. The van der Waals surface area contributed by atoms with E-state index in [1.54, 1.807) is 18.6 Å². The first kappa shape index (κ1) is 9.82. The van der Waals surface area contributed by atoms with Crippen molar-refractivity contribution in [2.45, 2.75) is 0 Å². The van der Waals surface area contributed by atoms with Crippen LogP contribution in [0.3, 0.4) is 0 Å². The Morgan fingerprint density at radius 3 is 2.44 bits per heavy atom. The number of ether oxygens (including phenoxy) is 2. The second-order valence-electron chi connectivity index (χ2n) is 3.03.